The van der Waals surface area contributed by atoms with E-state index < -0.39 is 0 Å². The predicted octanol–water partition coefficient (Wildman–Crippen LogP) is 7.75. The zero-order chi connectivity index (χ0) is 27.2. The van der Waals surface area contributed by atoms with Crippen molar-refractivity contribution in [2.75, 3.05) is 7.11 Å². The highest BCUT2D eigenvalue weighted by Crippen LogP contribution is 2.77. The third-order valence-electron chi connectivity index (χ3n) is 13.9. The molecule has 0 unspecified atom stereocenters. The van der Waals surface area contributed by atoms with E-state index in [-0.39, 0.29) is 45.1 Å². The van der Waals surface area contributed by atoms with Gasteiger partial charge in [-0.15, -0.1) is 0 Å². The van der Waals surface area contributed by atoms with Gasteiger partial charge < -0.3 is 9.47 Å². The molecule has 0 aliphatic heterocycles. The Morgan fingerprint density at radius 1 is 0.784 bits per heavy atom. The summed E-state index contributed by atoms with van der Waals surface area (Å²) in [5.74, 6) is 2.43. The minimum absolute atomic E-state index is 0.0130. The molecule has 10 atom stereocenters. The van der Waals surface area contributed by atoms with Gasteiger partial charge in [0.1, 0.15) is 6.10 Å². The first-order valence-electron chi connectivity index (χ1n) is 15.1. The fourth-order valence-corrected chi connectivity index (χ4v) is 12.1. The number of allylic oxidation sites excluding steroid dienone is 1. The number of hydrogen-bond acceptors (Lipinski definition) is 4. The maximum Gasteiger partial charge on any atom is 0.312 e. The van der Waals surface area contributed by atoms with Gasteiger partial charge in [0.2, 0.25) is 0 Å². The largest absolute Gasteiger partial charge is 0.469 e. The Morgan fingerprint density at radius 2 is 1.49 bits per heavy atom. The molecule has 5 fully saturated rings. The Morgan fingerprint density at radius 3 is 2.11 bits per heavy atom. The molecule has 5 saturated carbocycles. The quantitative estimate of drug-likeness (QED) is 0.286. The molecule has 0 saturated heterocycles. The molecule has 208 valence electrons. The van der Waals surface area contributed by atoms with Crippen LogP contribution >= 0.6 is 0 Å². The Kier molecular flexibility index (Phi) is 6.33. The lowest BCUT2D eigenvalue weighted by atomic mass is 9.32. The van der Waals surface area contributed by atoms with Crippen LogP contribution in [-0.2, 0) is 19.1 Å². The highest BCUT2D eigenvalue weighted by Gasteiger charge is 2.72. The van der Waals surface area contributed by atoms with E-state index in [1.807, 2.05) is 0 Å². The molecule has 4 heteroatoms. The standard InChI is InChI=1S/C33H52O4/c1-20(2)22-12-17-33(28(35)36-9)19-18-31(7)23(27(22)33)10-11-25-30(6)15-14-26(37-21(3)34)29(4,5)24(30)13-16-32(25,31)8/h22-27H,1,10-19H2,2-9H3/t22-,23+,24+,25-,26+,27+,30-,31+,32-,33+/m0/s1. The van der Waals surface area contributed by atoms with Gasteiger partial charge in [-0.1, -0.05) is 46.8 Å². The maximum absolute atomic E-state index is 13.4. The van der Waals surface area contributed by atoms with Crippen molar-refractivity contribution in [2.45, 2.75) is 119 Å². The highest BCUT2D eigenvalue weighted by atomic mass is 16.5. The molecule has 0 spiro atoms. The number of rotatable bonds is 3. The Balaban J connectivity index is 1.52. The van der Waals surface area contributed by atoms with E-state index >= 15 is 0 Å². The van der Waals surface area contributed by atoms with Crippen LogP contribution in [0.2, 0.25) is 0 Å². The normalized spacial score (nSPS) is 50.1. The molecule has 5 aliphatic rings. The van der Waals surface area contributed by atoms with E-state index in [9.17, 15) is 9.59 Å². The first-order chi connectivity index (χ1) is 17.2. The van der Waals surface area contributed by atoms with Crippen LogP contribution in [0.15, 0.2) is 12.2 Å². The summed E-state index contributed by atoms with van der Waals surface area (Å²) in [4.78, 5) is 25.3. The van der Waals surface area contributed by atoms with Gasteiger partial charge in [0.15, 0.2) is 0 Å². The second-order valence-electron chi connectivity index (χ2n) is 15.3. The van der Waals surface area contributed by atoms with Crippen molar-refractivity contribution >= 4 is 11.9 Å². The number of ether oxygens (including phenoxy) is 2. The average molecular weight is 513 g/mol. The van der Waals surface area contributed by atoms with Gasteiger partial charge >= 0.3 is 11.9 Å². The number of hydrogen-bond donors (Lipinski definition) is 0. The molecule has 37 heavy (non-hydrogen) atoms. The summed E-state index contributed by atoms with van der Waals surface area (Å²) in [6, 6.07) is 0. The zero-order valence-electron chi connectivity index (χ0n) is 24.9. The van der Waals surface area contributed by atoms with Crippen molar-refractivity contribution in [1.29, 1.82) is 0 Å². The van der Waals surface area contributed by atoms with Gasteiger partial charge in [-0.2, -0.15) is 0 Å². The summed E-state index contributed by atoms with van der Waals surface area (Å²) in [6.07, 6.45) is 11.1. The molecule has 0 radical (unpaired) electrons. The number of methoxy groups -OCH3 is 1. The number of esters is 2. The number of carbonyl (C=O) groups is 2. The van der Waals surface area contributed by atoms with Crippen molar-refractivity contribution < 1.29 is 19.1 Å². The van der Waals surface area contributed by atoms with Crippen LogP contribution in [0, 0.1) is 56.7 Å². The third kappa shape index (κ3) is 3.45. The average Bonchev–Trinajstić information content (AvgIpc) is 3.22. The summed E-state index contributed by atoms with van der Waals surface area (Å²) in [5.41, 5.74) is 1.63. The molecule has 0 amide bonds. The van der Waals surface area contributed by atoms with Crippen molar-refractivity contribution in [3.63, 3.8) is 0 Å². The van der Waals surface area contributed by atoms with Crippen LogP contribution in [0.1, 0.15) is 113 Å². The molecule has 0 N–H and O–H groups in total. The van der Waals surface area contributed by atoms with Crippen LogP contribution in [0.3, 0.4) is 0 Å². The predicted molar refractivity (Wildman–Crippen MR) is 147 cm³/mol. The van der Waals surface area contributed by atoms with E-state index in [0.717, 1.165) is 38.5 Å². The van der Waals surface area contributed by atoms with E-state index in [4.69, 9.17) is 9.47 Å². The smallest absolute Gasteiger partial charge is 0.312 e. The number of fused-ring (bicyclic) bond motifs is 7. The Hall–Kier alpha value is -1.32. The summed E-state index contributed by atoms with van der Waals surface area (Å²) in [7, 11) is 1.59. The van der Waals surface area contributed by atoms with Gasteiger partial charge in [0.25, 0.3) is 0 Å². The summed E-state index contributed by atoms with van der Waals surface area (Å²) >= 11 is 0. The molecular formula is C33H52O4. The molecule has 5 rings (SSSR count). The van der Waals surface area contributed by atoms with E-state index in [1.54, 1.807) is 14.0 Å². The summed E-state index contributed by atoms with van der Waals surface area (Å²) < 4.78 is 11.4. The first kappa shape index (κ1) is 27.3. The fourth-order valence-electron chi connectivity index (χ4n) is 12.1. The minimum atomic E-state index is -0.322. The van der Waals surface area contributed by atoms with Crippen LogP contribution in [-0.4, -0.2) is 25.2 Å². The minimum Gasteiger partial charge on any atom is -0.469 e. The SMILES string of the molecule is C=C(C)[C@@H]1CC[C@@]2(C(=O)OC)CC[C@]3(C)[C@H](CC[C@H]4[C@@]5(C)CC[C@@H](OC(C)=O)C(C)(C)[C@H]5CC[C@@]43C)[C@@H]12. The van der Waals surface area contributed by atoms with E-state index in [2.05, 4.69) is 48.1 Å². The monoisotopic (exact) mass is 512 g/mol. The summed E-state index contributed by atoms with van der Waals surface area (Å²) in [6.45, 7) is 20.7. The van der Waals surface area contributed by atoms with Gasteiger partial charge in [0.05, 0.1) is 12.5 Å². The molecule has 0 bridgehead atoms. The van der Waals surface area contributed by atoms with Gasteiger partial charge in [-0.05, 0) is 117 Å². The van der Waals surface area contributed by atoms with Crippen LogP contribution < -0.4 is 0 Å². The van der Waals surface area contributed by atoms with Crippen molar-refractivity contribution in [2.24, 2.45) is 56.7 Å². The lowest BCUT2D eigenvalue weighted by Crippen LogP contribution is -2.67. The molecule has 0 aromatic carbocycles. The van der Waals surface area contributed by atoms with Gasteiger partial charge in [0, 0.05) is 12.3 Å². The lowest BCUT2D eigenvalue weighted by molar-refractivity contribution is -0.250. The molecule has 5 aliphatic carbocycles. The highest BCUT2D eigenvalue weighted by molar-refractivity contribution is 5.78. The first-order valence-corrected chi connectivity index (χ1v) is 15.1. The van der Waals surface area contributed by atoms with Gasteiger partial charge in [-0.3, -0.25) is 9.59 Å². The molecule has 0 aromatic rings. The van der Waals surface area contributed by atoms with Crippen LogP contribution in [0.4, 0.5) is 0 Å². The van der Waals surface area contributed by atoms with Crippen LogP contribution in [0.25, 0.3) is 0 Å². The Bertz CT molecular complexity index is 983. The molecule has 4 nitrogen and oxygen atoms in total. The topological polar surface area (TPSA) is 52.6 Å². The number of carbonyl (C=O) groups excluding carboxylic acids is 2. The third-order valence-corrected chi connectivity index (χ3v) is 13.9. The van der Waals surface area contributed by atoms with Crippen molar-refractivity contribution in [3.8, 4) is 0 Å². The molecule has 0 aromatic heterocycles. The second kappa shape index (κ2) is 8.59. The zero-order valence-corrected chi connectivity index (χ0v) is 24.9. The van der Waals surface area contributed by atoms with E-state index in [0.29, 0.717) is 29.6 Å². The van der Waals surface area contributed by atoms with E-state index in [1.165, 1.54) is 31.3 Å². The fraction of sp³-hybridized carbons (Fsp3) is 0.879. The second-order valence-corrected chi connectivity index (χ2v) is 15.3. The van der Waals surface area contributed by atoms with Crippen molar-refractivity contribution in [3.05, 3.63) is 12.2 Å². The van der Waals surface area contributed by atoms with Crippen LogP contribution in [0.5, 0.6) is 0 Å². The maximum atomic E-state index is 13.4. The Labute approximate surface area is 225 Å². The lowest BCUT2D eigenvalue weighted by Gasteiger charge is -2.72. The van der Waals surface area contributed by atoms with Gasteiger partial charge in [-0.25, -0.2) is 0 Å². The molecule has 0 heterocycles. The molecular weight excluding hydrogens is 460 g/mol. The van der Waals surface area contributed by atoms with Crippen molar-refractivity contribution in [1.82, 2.24) is 0 Å². The summed E-state index contributed by atoms with van der Waals surface area (Å²) in [5, 5.41) is 0.